The molecule has 1 aliphatic heterocycles. The molecule has 1 amide bonds. The summed E-state index contributed by atoms with van der Waals surface area (Å²) in [4.78, 5) is 17.6. The van der Waals surface area contributed by atoms with Gasteiger partial charge >= 0.3 is 0 Å². The number of para-hydroxylation sites is 1. The quantitative estimate of drug-likeness (QED) is 0.852. The summed E-state index contributed by atoms with van der Waals surface area (Å²) in [5.41, 5.74) is 1.20. The van der Waals surface area contributed by atoms with Crippen LogP contribution in [0.5, 0.6) is 5.75 Å². The van der Waals surface area contributed by atoms with Gasteiger partial charge in [-0.2, -0.15) is 0 Å². The molecule has 2 aliphatic carbocycles. The molecule has 0 unspecified atom stereocenters. The highest BCUT2D eigenvalue weighted by Gasteiger charge is 2.47. The molecule has 0 aromatic heterocycles. The number of ether oxygens (including phenoxy) is 1. The summed E-state index contributed by atoms with van der Waals surface area (Å²) >= 11 is 0. The van der Waals surface area contributed by atoms with Gasteiger partial charge in [0.2, 0.25) is 5.91 Å². The van der Waals surface area contributed by atoms with E-state index in [0.717, 1.165) is 44.4 Å². The summed E-state index contributed by atoms with van der Waals surface area (Å²) in [6.45, 7) is 3.93. The average Bonchev–Trinajstić information content (AvgIpc) is 3.25. The van der Waals surface area contributed by atoms with E-state index in [1.807, 2.05) is 18.2 Å². The van der Waals surface area contributed by atoms with Gasteiger partial charge in [-0.3, -0.25) is 9.69 Å². The van der Waals surface area contributed by atoms with Crippen molar-refractivity contribution in [2.45, 2.75) is 44.1 Å². The maximum atomic E-state index is 12.8. The first-order valence-electron chi connectivity index (χ1n) is 9.43. The van der Waals surface area contributed by atoms with E-state index in [2.05, 4.69) is 15.9 Å². The lowest BCUT2D eigenvalue weighted by Gasteiger charge is -2.38. The Morgan fingerprint density at radius 2 is 1.79 bits per heavy atom. The Morgan fingerprint density at radius 1 is 1.08 bits per heavy atom. The molecule has 1 aromatic rings. The van der Waals surface area contributed by atoms with Crippen molar-refractivity contribution in [2.75, 3.05) is 33.3 Å². The van der Waals surface area contributed by atoms with E-state index < -0.39 is 0 Å². The number of hydrogen-bond acceptors (Lipinski definition) is 3. The number of carbonyl (C=O) groups is 1. The van der Waals surface area contributed by atoms with Crippen LogP contribution in [-0.2, 0) is 4.79 Å². The van der Waals surface area contributed by atoms with Crippen molar-refractivity contribution in [3.8, 4) is 5.75 Å². The van der Waals surface area contributed by atoms with Crippen molar-refractivity contribution >= 4 is 5.91 Å². The van der Waals surface area contributed by atoms with Crippen LogP contribution in [0, 0.1) is 5.92 Å². The predicted molar refractivity (Wildman–Crippen MR) is 94.3 cm³/mol. The first-order valence-corrected chi connectivity index (χ1v) is 9.43. The van der Waals surface area contributed by atoms with E-state index in [4.69, 9.17) is 4.74 Å². The van der Waals surface area contributed by atoms with Crippen LogP contribution in [0.15, 0.2) is 24.3 Å². The van der Waals surface area contributed by atoms with Crippen molar-refractivity contribution in [3.63, 3.8) is 0 Å². The second kappa shape index (κ2) is 6.75. The maximum absolute atomic E-state index is 12.8. The minimum Gasteiger partial charge on any atom is -0.496 e. The van der Waals surface area contributed by atoms with Crippen LogP contribution in [0.3, 0.4) is 0 Å². The van der Waals surface area contributed by atoms with Crippen LogP contribution in [0.25, 0.3) is 0 Å². The van der Waals surface area contributed by atoms with Crippen LogP contribution in [0.4, 0.5) is 0 Å². The molecular formula is C20H28N2O2. The monoisotopic (exact) mass is 328 g/mol. The van der Waals surface area contributed by atoms with Crippen LogP contribution < -0.4 is 4.74 Å². The number of rotatable bonds is 4. The standard InChI is InChI=1S/C20H28N2O2/c1-24-19-9-5-4-8-16(19)17-14-18(17)20(23)22-12-10-21(11-13-22)15-6-2-3-7-15/h4-5,8-9,15,17-18H,2-3,6-7,10-14H2,1H3/t17-,18+/m1/s1. The molecule has 1 heterocycles. The first kappa shape index (κ1) is 15.9. The number of methoxy groups -OCH3 is 1. The van der Waals surface area contributed by atoms with Crippen LogP contribution in [-0.4, -0.2) is 55.0 Å². The molecule has 3 aliphatic rings. The fourth-order valence-corrected chi connectivity index (χ4v) is 4.60. The molecular weight excluding hydrogens is 300 g/mol. The normalized spacial score (nSPS) is 28.1. The lowest BCUT2D eigenvalue weighted by atomic mass is 10.1. The van der Waals surface area contributed by atoms with Gasteiger partial charge in [-0.25, -0.2) is 0 Å². The third kappa shape index (κ3) is 3.04. The van der Waals surface area contributed by atoms with Gasteiger partial charge in [0.25, 0.3) is 0 Å². The Hall–Kier alpha value is -1.55. The van der Waals surface area contributed by atoms with Crippen LogP contribution >= 0.6 is 0 Å². The van der Waals surface area contributed by atoms with Gasteiger partial charge in [-0.1, -0.05) is 31.0 Å². The Bertz CT molecular complexity index is 589. The maximum Gasteiger partial charge on any atom is 0.226 e. The minimum absolute atomic E-state index is 0.166. The van der Waals surface area contributed by atoms with E-state index in [1.165, 1.54) is 31.2 Å². The number of benzene rings is 1. The molecule has 3 fully saturated rings. The number of piperazine rings is 1. The highest BCUT2D eigenvalue weighted by molar-refractivity contribution is 5.83. The molecule has 1 saturated heterocycles. The molecule has 130 valence electrons. The molecule has 0 spiro atoms. The lowest BCUT2D eigenvalue weighted by Crippen LogP contribution is -2.51. The zero-order valence-electron chi connectivity index (χ0n) is 14.6. The van der Waals surface area contributed by atoms with E-state index in [1.54, 1.807) is 7.11 Å². The smallest absolute Gasteiger partial charge is 0.226 e. The van der Waals surface area contributed by atoms with Gasteiger partial charge in [-0.05, 0) is 36.8 Å². The number of nitrogens with zero attached hydrogens (tertiary/aromatic N) is 2. The molecule has 4 rings (SSSR count). The number of carbonyl (C=O) groups excluding carboxylic acids is 1. The molecule has 2 atom stereocenters. The highest BCUT2D eigenvalue weighted by atomic mass is 16.5. The molecule has 4 heteroatoms. The highest BCUT2D eigenvalue weighted by Crippen LogP contribution is 2.51. The van der Waals surface area contributed by atoms with Crippen LogP contribution in [0.1, 0.15) is 43.6 Å². The largest absolute Gasteiger partial charge is 0.496 e. The Kier molecular flexibility index (Phi) is 4.49. The summed E-state index contributed by atoms with van der Waals surface area (Å²) in [6, 6.07) is 8.91. The second-order valence-corrected chi connectivity index (χ2v) is 7.49. The molecule has 2 saturated carbocycles. The third-order valence-electron chi connectivity index (χ3n) is 6.11. The van der Waals surface area contributed by atoms with E-state index >= 15 is 0 Å². The number of hydrogen-bond donors (Lipinski definition) is 0. The Labute approximate surface area is 144 Å². The van der Waals surface area contributed by atoms with E-state index in [9.17, 15) is 4.79 Å². The fraction of sp³-hybridized carbons (Fsp3) is 0.650. The zero-order chi connectivity index (χ0) is 16.5. The van der Waals surface area contributed by atoms with Gasteiger partial charge in [0.05, 0.1) is 7.11 Å². The summed E-state index contributed by atoms with van der Waals surface area (Å²) in [7, 11) is 1.71. The van der Waals surface area contributed by atoms with Crippen molar-refractivity contribution in [2.24, 2.45) is 5.92 Å². The van der Waals surface area contributed by atoms with Gasteiger partial charge in [0.1, 0.15) is 5.75 Å². The van der Waals surface area contributed by atoms with Crippen molar-refractivity contribution in [1.29, 1.82) is 0 Å². The van der Waals surface area contributed by atoms with Gasteiger partial charge in [-0.15, -0.1) is 0 Å². The number of amides is 1. The molecule has 1 aromatic carbocycles. The lowest BCUT2D eigenvalue weighted by molar-refractivity contribution is -0.134. The topological polar surface area (TPSA) is 32.8 Å². The first-order chi connectivity index (χ1) is 11.8. The molecule has 0 N–H and O–H groups in total. The van der Waals surface area contributed by atoms with E-state index in [-0.39, 0.29) is 5.92 Å². The second-order valence-electron chi connectivity index (χ2n) is 7.49. The average molecular weight is 328 g/mol. The van der Waals surface area contributed by atoms with Crippen LogP contribution in [0.2, 0.25) is 0 Å². The SMILES string of the molecule is COc1ccccc1[C@H]1C[C@@H]1C(=O)N1CCN(C2CCCC2)CC1. The summed E-state index contributed by atoms with van der Waals surface area (Å²) in [5, 5.41) is 0. The molecule has 24 heavy (non-hydrogen) atoms. The minimum atomic E-state index is 0.166. The van der Waals surface area contributed by atoms with Crippen molar-refractivity contribution < 1.29 is 9.53 Å². The summed E-state index contributed by atoms with van der Waals surface area (Å²) in [6.07, 6.45) is 6.44. The molecule has 4 nitrogen and oxygen atoms in total. The Balaban J connectivity index is 1.33. The molecule has 0 radical (unpaired) electrons. The Morgan fingerprint density at radius 3 is 2.50 bits per heavy atom. The molecule has 0 bridgehead atoms. The van der Waals surface area contributed by atoms with Crippen molar-refractivity contribution in [1.82, 2.24) is 9.80 Å². The predicted octanol–water partition coefficient (Wildman–Crippen LogP) is 2.89. The van der Waals surface area contributed by atoms with E-state index in [0.29, 0.717) is 11.8 Å². The van der Waals surface area contributed by atoms with Gasteiger partial charge < -0.3 is 9.64 Å². The third-order valence-corrected chi connectivity index (χ3v) is 6.11. The summed E-state index contributed by atoms with van der Waals surface area (Å²) < 4.78 is 5.46. The van der Waals surface area contributed by atoms with Crippen molar-refractivity contribution in [3.05, 3.63) is 29.8 Å². The summed E-state index contributed by atoms with van der Waals surface area (Å²) in [5.74, 6) is 1.79. The zero-order valence-corrected chi connectivity index (χ0v) is 14.6. The fourth-order valence-electron chi connectivity index (χ4n) is 4.60. The van der Waals surface area contributed by atoms with Gasteiger partial charge in [0.15, 0.2) is 0 Å². The van der Waals surface area contributed by atoms with Gasteiger partial charge in [0, 0.05) is 38.1 Å².